The Morgan fingerprint density at radius 2 is 1.77 bits per heavy atom. The second-order valence-electron chi connectivity index (χ2n) is 5.93. The van der Waals surface area contributed by atoms with Crippen LogP contribution >= 0.6 is 0 Å². The molecule has 0 spiro atoms. The van der Waals surface area contributed by atoms with Gasteiger partial charge in [-0.05, 0) is 48.4 Å². The van der Waals surface area contributed by atoms with E-state index in [1.54, 1.807) is 10.9 Å². The maximum atomic E-state index is 12.1. The van der Waals surface area contributed by atoms with Crippen LogP contribution in [0.2, 0.25) is 0 Å². The number of rotatable bonds is 6. The highest BCUT2D eigenvalue weighted by atomic mass is 32.2. The molecule has 0 bridgehead atoms. The highest BCUT2D eigenvalue weighted by Gasteiger charge is 2.10. The Bertz CT molecular complexity index is 994. The van der Waals surface area contributed by atoms with E-state index in [0.29, 0.717) is 18.5 Å². The van der Waals surface area contributed by atoms with Crippen molar-refractivity contribution in [3.05, 3.63) is 78.1 Å². The second kappa shape index (κ2) is 7.53. The lowest BCUT2D eigenvalue weighted by molar-refractivity contribution is 0.0954. The van der Waals surface area contributed by atoms with Gasteiger partial charge >= 0.3 is 0 Å². The van der Waals surface area contributed by atoms with E-state index in [4.69, 9.17) is 0 Å². The third-order valence-corrected chi connectivity index (χ3v) is 5.03. The molecule has 1 aromatic heterocycles. The number of amides is 1. The van der Waals surface area contributed by atoms with Crippen LogP contribution in [-0.4, -0.2) is 36.9 Å². The first-order valence-electron chi connectivity index (χ1n) is 8.11. The molecule has 0 aliphatic heterocycles. The number of carbonyl (C=O) groups is 1. The summed E-state index contributed by atoms with van der Waals surface area (Å²) in [6, 6.07) is 15.7. The Hall–Kier alpha value is -2.93. The lowest BCUT2D eigenvalue weighted by Gasteiger charge is -2.05. The third kappa shape index (κ3) is 4.37. The number of sulfone groups is 1. The lowest BCUT2D eigenvalue weighted by atomic mass is 10.2. The van der Waals surface area contributed by atoms with E-state index in [0.717, 1.165) is 17.5 Å². The summed E-state index contributed by atoms with van der Waals surface area (Å²) in [6.45, 7) is 0.465. The molecule has 134 valence electrons. The van der Waals surface area contributed by atoms with Crippen LogP contribution in [0.1, 0.15) is 15.9 Å². The first kappa shape index (κ1) is 17.9. The van der Waals surface area contributed by atoms with Crippen molar-refractivity contribution in [1.29, 1.82) is 0 Å². The van der Waals surface area contributed by atoms with Crippen molar-refractivity contribution in [2.45, 2.75) is 11.3 Å². The molecule has 0 aliphatic carbocycles. The Labute approximate surface area is 152 Å². The van der Waals surface area contributed by atoms with E-state index in [2.05, 4.69) is 10.4 Å². The van der Waals surface area contributed by atoms with E-state index in [1.807, 2.05) is 36.5 Å². The van der Waals surface area contributed by atoms with E-state index < -0.39 is 9.84 Å². The standard InChI is InChI=1S/C19H19N3O3S/c1-26(24,25)18-9-7-16(8-10-18)19(23)20-12-11-15-13-21-22(14-15)17-5-3-2-4-6-17/h2-10,13-14H,11-12H2,1H3,(H,20,23). The Morgan fingerprint density at radius 3 is 2.42 bits per heavy atom. The fourth-order valence-corrected chi connectivity index (χ4v) is 3.12. The van der Waals surface area contributed by atoms with Crippen LogP contribution < -0.4 is 5.32 Å². The molecule has 6 nitrogen and oxygen atoms in total. The normalized spacial score (nSPS) is 11.3. The van der Waals surface area contributed by atoms with Gasteiger partial charge in [0.25, 0.3) is 5.91 Å². The molecule has 0 atom stereocenters. The molecule has 1 N–H and O–H groups in total. The first-order valence-corrected chi connectivity index (χ1v) is 10.00. The Kier molecular flexibility index (Phi) is 5.18. The van der Waals surface area contributed by atoms with Crippen LogP contribution in [0.5, 0.6) is 0 Å². The molecule has 1 heterocycles. The highest BCUT2D eigenvalue weighted by molar-refractivity contribution is 7.90. The number of carbonyl (C=O) groups excluding carboxylic acids is 1. The van der Waals surface area contributed by atoms with Crippen molar-refractivity contribution in [2.75, 3.05) is 12.8 Å². The summed E-state index contributed by atoms with van der Waals surface area (Å²) in [4.78, 5) is 12.3. The van der Waals surface area contributed by atoms with Gasteiger partial charge in [-0.1, -0.05) is 18.2 Å². The SMILES string of the molecule is CS(=O)(=O)c1ccc(C(=O)NCCc2cnn(-c3ccccc3)c2)cc1. The van der Waals surface area contributed by atoms with Gasteiger partial charge in [0.05, 0.1) is 16.8 Å². The number of para-hydroxylation sites is 1. The predicted octanol–water partition coefficient (Wildman–Crippen LogP) is 2.25. The molecular formula is C19H19N3O3S. The zero-order valence-electron chi connectivity index (χ0n) is 14.3. The van der Waals surface area contributed by atoms with Crippen molar-refractivity contribution in [3.8, 4) is 5.69 Å². The van der Waals surface area contributed by atoms with Crippen LogP contribution in [0.4, 0.5) is 0 Å². The molecular weight excluding hydrogens is 350 g/mol. The average Bonchev–Trinajstić information content (AvgIpc) is 3.11. The number of benzene rings is 2. The molecule has 0 radical (unpaired) electrons. The fourth-order valence-electron chi connectivity index (χ4n) is 2.49. The zero-order chi connectivity index (χ0) is 18.6. The zero-order valence-corrected chi connectivity index (χ0v) is 15.1. The van der Waals surface area contributed by atoms with Gasteiger partial charge in [0.2, 0.25) is 0 Å². The van der Waals surface area contributed by atoms with Crippen LogP contribution in [0.15, 0.2) is 71.9 Å². The molecule has 0 unspecified atom stereocenters. The largest absolute Gasteiger partial charge is 0.352 e. The number of aromatic nitrogens is 2. The van der Waals surface area contributed by atoms with E-state index in [-0.39, 0.29) is 10.8 Å². The quantitative estimate of drug-likeness (QED) is 0.723. The molecule has 3 aromatic rings. The minimum Gasteiger partial charge on any atom is -0.352 e. The molecule has 0 fully saturated rings. The predicted molar refractivity (Wildman–Crippen MR) is 99.2 cm³/mol. The summed E-state index contributed by atoms with van der Waals surface area (Å²) in [5.74, 6) is -0.236. The summed E-state index contributed by atoms with van der Waals surface area (Å²) >= 11 is 0. The molecule has 1 amide bonds. The van der Waals surface area contributed by atoms with Crippen molar-refractivity contribution in [3.63, 3.8) is 0 Å². The van der Waals surface area contributed by atoms with Gasteiger partial charge in [-0.3, -0.25) is 4.79 Å². The van der Waals surface area contributed by atoms with Gasteiger partial charge in [0.1, 0.15) is 0 Å². The smallest absolute Gasteiger partial charge is 0.251 e. The summed E-state index contributed by atoms with van der Waals surface area (Å²) < 4.78 is 24.7. The minimum absolute atomic E-state index is 0.197. The van der Waals surface area contributed by atoms with Crippen LogP contribution in [0, 0.1) is 0 Å². The van der Waals surface area contributed by atoms with E-state index in [1.165, 1.54) is 24.3 Å². The molecule has 2 aromatic carbocycles. The number of nitrogens with zero attached hydrogens (tertiary/aromatic N) is 2. The van der Waals surface area contributed by atoms with Gasteiger partial charge in [0, 0.05) is 24.6 Å². The third-order valence-electron chi connectivity index (χ3n) is 3.90. The molecule has 3 rings (SSSR count). The van der Waals surface area contributed by atoms with Crippen LogP contribution in [-0.2, 0) is 16.3 Å². The molecule has 0 aliphatic rings. The van der Waals surface area contributed by atoms with Gasteiger partial charge in [-0.25, -0.2) is 13.1 Å². The Morgan fingerprint density at radius 1 is 1.08 bits per heavy atom. The number of hydrogen-bond acceptors (Lipinski definition) is 4. The van der Waals surface area contributed by atoms with Gasteiger partial charge in [-0.2, -0.15) is 5.10 Å². The summed E-state index contributed by atoms with van der Waals surface area (Å²) in [5, 5.41) is 7.15. The summed E-state index contributed by atoms with van der Waals surface area (Å²) in [6.07, 6.45) is 5.50. The van der Waals surface area contributed by atoms with Gasteiger partial charge < -0.3 is 5.32 Å². The van der Waals surface area contributed by atoms with Crippen molar-refractivity contribution >= 4 is 15.7 Å². The number of nitrogens with one attached hydrogen (secondary N) is 1. The summed E-state index contributed by atoms with van der Waals surface area (Å²) in [5.41, 5.74) is 2.42. The Balaban J connectivity index is 1.55. The van der Waals surface area contributed by atoms with Gasteiger partial charge in [-0.15, -0.1) is 0 Å². The van der Waals surface area contributed by atoms with Crippen LogP contribution in [0.3, 0.4) is 0 Å². The molecule has 26 heavy (non-hydrogen) atoms. The summed E-state index contributed by atoms with van der Waals surface area (Å²) in [7, 11) is -3.26. The molecule has 7 heteroatoms. The molecule has 0 saturated heterocycles. The number of hydrogen-bond donors (Lipinski definition) is 1. The second-order valence-corrected chi connectivity index (χ2v) is 7.95. The monoisotopic (exact) mass is 369 g/mol. The van der Waals surface area contributed by atoms with Crippen molar-refractivity contribution in [1.82, 2.24) is 15.1 Å². The van der Waals surface area contributed by atoms with E-state index in [9.17, 15) is 13.2 Å². The maximum absolute atomic E-state index is 12.1. The van der Waals surface area contributed by atoms with Crippen molar-refractivity contribution < 1.29 is 13.2 Å². The minimum atomic E-state index is -3.26. The highest BCUT2D eigenvalue weighted by Crippen LogP contribution is 2.11. The van der Waals surface area contributed by atoms with Gasteiger partial charge in [0.15, 0.2) is 9.84 Å². The van der Waals surface area contributed by atoms with Crippen LogP contribution in [0.25, 0.3) is 5.69 Å². The maximum Gasteiger partial charge on any atom is 0.251 e. The van der Waals surface area contributed by atoms with Crippen molar-refractivity contribution in [2.24, 2.45) is 0 Å². The topological polar surface area (TPSA) is 81.1 Å². The lowest BCUT2D eigenvalue weighted by Crippen LogP contribution is -2.25. The average molecular weight is 369 g/mol. The fraction of sp³-hybridized carbons (Fsp3) is 0.158. The first-order chi connectivity index (χ1) is 12.4. The van der Waals surface area contributed by atoms with E-state index >= 15 is 0 Å². The molecule has 0 saturated carbocycles.